The molecule has 21 heavy (non-hydrogen) atoms. The first-order valence-corrected chi connectivity index (χ1v) is 9.04. The van der Waals surface area contributed by atoms with Crippen LogP contribution in [0.4, 0.5) is 0 Å². The number of unbranched alkanes of at least 4 members (excludes halogenated alkanes) is 9. The Morgan fingerprint density at radius 2 is 1.29 bits per heavy atom. The monoisotopic (exact) mass is 302 g/mol. The molecule has 0 bridgehead atoms. The van der Waals surface area contributed by atoms with Gasteiger partial charge in [-0.15, -0.1) is 0 Å². The zero-order chi connectivity index (χ0) is 15.8. The van der Waals surface area contributed by atoms with Crippen molar-refractivity contribution in [2.45, 2.75) is 97.2 Å². The maximum atomic E-state index is 9.11. The summed E-state index contributed by atoms with van der Waals surface area (Å²) in [5.41, 5.74) is 0. The van der Waals surface area contributed by atoms with Gasteiger partial charge in [0.2, 0.25) is 0 Å². The lowest BCUT2D eigenvalue weighted by Crippen LogP contribution is -2.21. The van der Waals surface area contributed by atoms with Gasteiger partial charge in [-0.25, -0.2) is 0 Å². The molecule has 0 aromatic carbocycles. The van der Waals surface area contributed by atoms with Crippen LogP contribution in [0.25, 0.3) is 0 Å². The average Bonchev–Trinajstić information content (AvgIpc) is 2.46. The zero-order valence-electron chi connectivity index (χ0n) is 14.6. The van der Waals surface area contributed by atoms with Crippen LogP contribution in [0.2, 0.25) is 0 Å². The SMILES string of the molecule is CCCCCCCCCCCCOCC(C)OCC(C)O. The van der Waals surface area contributed by atoms with Crippen LogP contribution in [0.15, 0.2) is 0 Å². The van der Waals surface area contributed by atoms with Gasteiger partial charge in [-0.2, -0.15) is 0 Å². The van der Waals surface area contributed by atoms with Crippen molar-refractivity contribution in [3.63, 3.8) is 0 Å². The second-order valence-corrected chi connectivity index (χ2v) is 6.25. The first kappa shape index (κ1) is 20.9. The Labute approximate surface area is 132 Å². The first-order chi connectivity index (χ1) is 10.2. The van der Waals surface area contributed by atoms with Crippen LogP contribution < -0.4 is 0 Å². The molecule has 0 rings (SSSR count). The van der Waals surface area contributed by atoms with Gasteiger partial charge < -0.3 is 14.6 Å². The molecular formula is C18H38O3. The van der Waals surface area contributed by atoms with Crippen LogP contribution in [0.1, 0.15) is 85.0 Å². The van der Waals surface area contributed by atoms with Gasteiger partial charge in [0.25, 0.3) is 0 Å². The van der Waals surface area contributed by atoms with Crippen LogP contribution in [-0.4, -0.2) is 37.1 Å². The third-order valence-electron chi connectivity index (χ3n) is 3.62. The van der Waals surface area contributed by atoms with Crippen LogP contribution in [0, 0.1) is 0 Å². The molecule has 0 aliphatic heterocycles. The normalized spacial score (nSPS) is 14.3. The van der Waals surface area contributed by atoms with Crippen molar-refractivity contribution in [3.8, 4) is 0 Å². The van der Waals surface area contributed by atoms with Gasteiger partial charge in [-0.05, 0) is 20.3 Å². The van der Waals surface area contributed by atoms with E-state index in [9.17, 15) is 0 Å². The van der Waals surface area contributed by atoms with Crippen molar-refractivity contribution in [2.75, 3.05) is 19.8 Å². The summed E-state index contributed by atoms with van der Waals surface area (Å²) in [5.74, 6) is 0. The largest absolute Gasteiger partial charge is 0.391 e. The Kier molecular flexibility index (Phi) is 16.2. The summed E-state index contributed by atoms with van der Waals surface area (Å²) in [6.45, 7) is 7.84. The minimum absolute atomic E-state index is 0.0720. The van der Waals surface area contributed by atoms with E-state index in [2.05, 4.69) is 6.92 Å². The summed E-state index contributed by atoms with van der Waals surface area (Å²) in [5, 5.41) is 9.11. The van der Waals surface area contributed by atoms with E-state index in [0.29, 0.717) is 13.2 Å². The fourth-order valence-electron chi connectivity index (χ4n) is 2.29. The highest BCUT2D eigenvalue weighted by atomic mass is 16.5. The van der Waals surface area contributed by atoms with E-state index in [0.717, 1.165) is 13.0 Å². The molecule has 0 fully saturated rings. The molecule has 0 aromatic rings. The number of hydrogen-bond donors (Lipinski definition) is 1. The van der Waals surface area contributed by atoms with E-state index in [-0.39, 0.29) is 6.10 Å². The van der Waals surface area contributed by atoms with Gasteiger partial charge >= 0.3 is 0 Å². The smallest absolute Gasteiger partial charge is 0.0781 e. The lowest BCUT2D eigenvalue weighted by atomic mass is 10.1. The minimum atomic E-state index is -0.394. The predicted octanol–water partition coefficient (Wildman–Crippen LogP) is 4.71. The molecule has 3 heteroatoms. The molecule has 0 radical (unpaired) electrons. The van der Waals surface area contributed by atoms with Crippen molar-refractivity contribution >= 4 is 0 Å². The number of aliphatic hydroxyl groups is 1. The van der Waals surface area contributed by atoms with Crippen LogP contribution in [0.5, 0.6) is 0 Å². The lowest BCUT2D eigenvalue weighted by Gasteiger charge is -2.14. The Balaban J connectivity index is 3.08. The first-order valence-electron chi connectivity index (χ1n) is 9.04. The topological polar surface area (TPSA) is 38.7 Å². The molecular weight excluding hydrogens is 264 g/mol. The van der Waals surface area contributed by atoms with E-state index in [1.54, 1.807) is 6.92 Å². The molecule has 0 saturated carbocycles. The van der Waals surface area contributed by atoms with E-state index in [1.165, 1.54) is 57.8 Å². The van der Waals surface area contributed by atoms with Crippen LogP contribution in [0.3, 0.4) is 0 Å². The van der Waals surface area contributed by atoms with Gasteiger partial charge in [-0.1, -0.05) is 64.7 Å². The maximum Gasteiger partial charge on any atom is 0.0781 e. The van der Waals surface area contributed by atoms with E-state index < -0.39 is 6.10 Å². The molecule has 2 unspecified atom stereocenters. The Hall–Kier alpha value is -0.120. The average molecular weight is 302 g/mol. The Bertz CT molecular complexity index is 195. The molecule has 1 N–H and O–H groups in total. The van der Waals surface area contributed by atoms with Crippen molar-refractivity contribution < 1.29 is 14.6 Å². The van der Waals surface area contributed by atoms with E-state index in [1.807, 2.05) is 6.92 Å². The maximum absolute atomic E-state index is 9.11. The summed E-state index contributed by atoms with van der Waals surface area (Å²) in [4.78, 5) is 0. The molecule has 0 spiro atoms. The summed E-state index contributed by atoms with van der Waals surface area (Å²) in [6.07, 6.45) is 13.2. The van der Waals surface area contributed by atoms with Gasteiger partial charge in [0, 0.05) is 6.61 Å². The highest BCUT2D eigenvalue weighted by Gasteiger charge is 2.04. The standard InChI is InChI=1S/C18H38O3/c1-4-5-6-7-8-9-10-11-12-13-14-20-16-18(3)21-15-17(2)19/h17-19H,4-16H2,1-3H3. The molecule has 0 amide bonds. The number of aliphatic hydroxyl groups excluding tert-OH is 1. The molecule has 0 aromatic heterocycles. The number of hydrogen-bond acceptors (Lipinski definition) is 3. The second-order valence-electron chi connectivity index (χ2n) is 6.25. The van der Waals surface area contributed by atoms with Crippen LogP contribution >= 0.6 is 0 Å². The molecule has 0 heterocycles. The fourth-order valence-corrected chi connectivity index (χ4v) is 2.29. The van der Waals surface area contributed by atoms with Gasteiger partial charge in [0.05, 0.1) is 25.4 Å². The summed E-state index contributed by atoms with van der Waals surface area (Å²) >= 11 is 0. The lowest BCUT2D eigenvalue weighted by molar-refractivity contribution is -0.0369. The number of rotatable bonds is 16. The Morgan fingerprint density at radius 3 is 1.81 bits per heavy atom. The molecule has 0 aliphatic carbocycles. The van der Waals surface area contributed by atoms with Crippen molar-refractivity contribution in [1.82, 2.24) is 0 Å². The van der Waals surface area contributed by atoms with Gasteiger partial charge in [0.15, 0.2) is 0 Å². The van der Waals surface area contributed by atoms with Crippen molar-refractivity contribution in [1.29, 1.82) is 0 Å². The summed E-state index contributed by atoms with van der Waals surface area (Å²) in [7, 11) is 0. The highest BCUT2D eigenvalue weighted by molar-refractivity contribution is 4.51. The Morgan fingerprint density at radius 1 is 0.762 bits per heavy atom. The molecule has 2 atom stereocenters. The molecule has 0 aliphatic rings. The summed E-state index contributed by atoms with van der Waals surface area (Å²) in [6, 6.07) is 0. The highest BCUT2D eigenvalue weighted by Crippen LogP contribution is 2.10. The zero-order valence-corrected chi connectivity index (χ0v) is 14.6. The predicted molar refractivity (Wildman–Crippen MR) is 89.8 cm³/mol. The van der Waals surface area contributed by atoms with Crippen molar-refractivity contribution in [3.05, 3.63) is 0 Å². The fraction of sp³-hybridized carbons (Fsp3) is 1.00. The molecule has 0 saturated heterocycles. The van der Waals surface area contributed by atoms with E-state index in [4.69, 9.17) is 14.6 Å². The van der Waals surface area contributed by atoms with Crippen molar-refractivity contribution in [2.24, 2.45) is 0 Å². The number of ether oxygens (including phenoxy) is 2. The molecule has 3 nitrogen and oxygen atoms in total. The van der Waals surface area contributed by atoms with Gasteiger partial charge in [0.1, 0.15) is 0 Å². The van der Waals surface area contributed by atoms with Crippen LogP contribution in [-0.2, 0) is 9.47 Å². The second kappa shape index (κ2) is 16.3. The quantitative estimate of drug-likeness (QED) is 0.420. The minimum Gasteiger partial charge on any atom is -0.391 e. The molecule has 128 valence electrons. The summed E-state index contributed by atoms with van der Waals surface area (Å²) < 4.78 is 11.0. The third-order valence-corrected chi connectivity index (χ3v) is 3.62. The van der Waals surface area contributed by atoms with E-state index >= 15 is 0 Å². The third kappa shape index (κ3) is 17.8. The van der Waals surface area contributed by atoms with Gasteiger partial charge in [-0.3, -0.25) is 0 Å².